The van der Waals surface area contributed by atoms with Gasteiger partial charge in [0.25, 0.3) is 0 Å². The molecule has 1 N–H and O–H groups in total. The monoisotopic (exact) mass is 394 g/mol. The Morgan fingerprint density at radius 1 is 1.12 bits per heavy atom. The predicted octanol–water partition coefficient (Wildman–Crippen LogP) is 2.08. The lowest BCUT2D eigenvalue weighted by Gasteiger charge is -2.28. The maximum Gasteiger partial charge on any atom is 0.226 e. The van der Waals surface area contributed by atoms with Crippen LogP contribution in [-0.2, 0) is 4.74 Å². The van der Waals surface area contributed by atoms with Gasteiger partial charge in [-0.15, -0.1) is 24.8 Å². The zero-order valence-corrected chi connectivity index (χ0v) is 15.5. The number of piperidine rings is 1. The Balaban J connectivity index is 0.00000104. The number of rotatable bonds is 2. The molecule has 2 saturated heterocycles. The van der Waals surface area contributed by atoms with Crippen LogP contribution < -0.4 is 10.2 Å². The van der Waals surface area contributed by atoms with Crippen molar-refractivity contribution < 1.29 is 4.74 Å². The van der Waals surface area contributed by atoms with E-state index in [1.54, 1.807) is 0 Å². The molecule has 0 saturated carbocycles. The second-order valence-electron chi connectivity index (χ2n) is 5.72. The van der Waals surface area contributed by atoms with Crippen molar-refractivity contribution in [2.24, 2.45) is 0 Å². The summed E-state index contributed by atoms with van der Waals surface area (Å²) in [5, 5.41) is 9.22. The first-order valence-corrected chi connectivity index (χ1v) is 8.15. The third-order valence-electron chi connectivity index (χ3n) is 4.37. The average Bonchev–Trinajstić information content (AvgIpc) is 2.99. The third kappa shape index (κ3) is 3.70. The fourth-order valence-electron chi connectivity index (χ4n) is 3.22. The number of ether oxygens (including phenoxy) is 1. The van der Waals surface area contributed by atoms with E-state index in [2.05, 4.69) is 25.3 Å². The molecule has 0 unspecified atom stereocenters. The standard InChI is InChI=1S/C14H19ClN6O.2ClH/c15-14-18-12(20-5-7-22-8-6-20)11-9-17-21(13(11)19-14)10-1-3-16-4-2-10;;/h9-10,16H,1-8H2;2*1H. The maximum atomic E-state index is 6.18. The van der Waals surface area contributed by atoms with Gasteiger partial charge in [-0.3, -0.25) is 0 Å². The van der Waals surface area contributed by atoms with E-state index in [1.165, 1.54) is 0 Å². The summed E-state index contributed by atoms with van der Waals surface area (Å²) < 4.78 is 7.44. The van der Waals surface area contributed by atoms with Gasteiger partial charge in [0, 0.05) is 13.1 Å². The van der Waals surface area contributed by atoms with Gasteiger partial charge in [-0.2, -0.15) is 15.1 Å². The molecule has 0 bridgehead atoms. The van der Waals surface area contributed by atoms with Gasteiger partial charge in [-0.1, -0.05) is 0 Å². The summed E-state index contributed by atoms with van der Waals surface area (Å²) in [6, 6.07) is 0.377. The summed E-state index contributed by atoms with van der Waals surface area (Å²) in [7, 11) is 0. The second-order valence-corrected chi connectivity index (χ2v) is 6.06. The van der Waals surface area contributed by atoms with Crippen molar-refractivity contribution in [1.82, 2.24) is 25.1 Å². The molecule has 7 nitrogen and oxygen atoms in total. The highest BCUT2D eigenvalue weighted by atomic mass is 35.5. The van der Waals surface area contributed by atoms with Crippen LogP contribution in [-0.4, -0.2) is 59.1 Å². The van der Waals surface area contributed by atoms with E-state index in [0.29, 0.717) is 19.3 Å². The van der Waals surface area contributed by atoms with E-state index in [4.69, 9.17) is 16.3 Å². The van der Waals surface area contributed by atoms with Crippen LogP contribution in [0.4, 0.5) is 5.82 Å². The zero-order chi connectivity index (χ0) is 14.9. The van der Waals surface area contributed by atoms with E-state index in [9.17, 15) is 0 Å². The molecular weight excluding hydrogens is 375 g/mol. The number of halogens is 3. The minimum Gasteiger partial charge on any atom is -0.378 e. The van der Waals surface area contributed by atoms with E-state index < -0.39 is 0 Å². The maximum absolute atomic E-state index is 6.18. The summed E-state index contributed by atoms with van der Waals surface area (Å²) in [5.74, 6) is 0.874. The minimum absolute atomic E-state index is 0. The number of anilines is 1. The van der Waals surface area contributed by atoms with Gasteiger partial charge < -0.3 is 15.0 Å². The molecule has 24 heavy (non-hydrogen) atoms. The smallest absolute Gasteiger partial charge is 0.226 e. The number of aromatic nitrogens is 4. The van der Waals surface area contributed by atoms with Crippen LogP contribution in [0.2, 0.25) is 5.28 Å². The molecule has 2 aromatic rings. The number of hydrogen-bond donors (Lipinski definition) is 1. The fraction of sp³-hybridized carbons (Fsp3) is 0.643. The molecule has 4 heterocycles. The molecule has 2 aliphatic rings. The lowest BCUT2D eigenvalue weighted by molar-refractivity contribution is 0.122. The Bertz CT molecular complexity index is 670. The third-order valence-corrected chi connectivity index (χ3v) is 4.54. The first kappa shape index (κ1) is 19.5. The molecule has 2 aliphatic heterocycles. The number of fused-ring (bicyclic) bond motifs is 1. The number of hydrogen-bond acceptors (Lipinski definition) is 6. The van der Waals surface area contributed by atoms with Gasteiger partial charge in [0.1, 0.15) is 5.82 Å². The van der Waals surface area contributed by atoms with Crippen LogP contribution in [0.3, 0.4) is 0 Å². The molecule has 0 aliphatic carbocycles. The molecule has 0 radical (unpaired) electrons. The summed E-state index contributed by atoms with van der Waals surface area (Å²) in [5.41, 5.74) is 0.841. The van der Waals surface area contributed by atoms with Crippen molar-refractivity contribution in [3.63, 3.8) is 0 Å². The molecular formula is C14H21Cl3N6O. The lowest BCUT2D eigenvalue weighted by Crippen LogP contribution is -2.37. The minimum atomic E-state index is 0. The van der Waals surface area contributed by atoms with Crippen molar-refractivity contribution in [1.29, 1.82) is 0 Å². The highest BCUT2D eigenvalue weighted by molar-refractivity contribution is 6.28. The van der Waals surface area contributed by atoms with Crippen LogP contribution in [0.1, 0.15) is 18.9 Å². The molecule has 0 amide bonds. The summed E-state index contributed by atoms with van der Waals surface area (Å²) in [6.07, 6.45) is 4.00. The van der Waals surface area contributed by atoms with Crippen molar-refractivity contribution >= 4 is 53.3 Å². The van der Waals surface area contributed by atoms with Crippen molar-refractivity contribution in [3.05, 3.63) is 11.5 Å². The van der Waals surface area contributed by atoms with E-state index in [1.807, 2.05) is 10.9 Å². The Hall–Kier alpha value is -0.860. The highest BCUT2D eigenvalue weighted by Gasteiger charge is 2.23. The van der Waals surface area contributed by atoms with E-state index >= 15 is 0 Å². The lowest BCUT2D eigenvalue weighted by atomic mass is 10.1. The number of morpholine rings is 1. The highest BCUT2D eigenvalue weighted by Crippen LogP contribution is 2.29. The molecule has 0 aromatic carbocycles. The van der Waals surface area contributed by atoms with Crippen molar-refractivity contribution in [3.8, 4) is 0 Å². The normalized spacial score (nSPS) is 19.0. The molecule has 4 rings (SSSR count). The van der Waals surface area contributed by atoms with Crippen LogP contribution in [0.25, 0.3) is 11.0 Å². The largest absolute Gasteiger partial charge is 0.378 e. The van der Waals surface area contributed by atoms with Crippen LogP contribution in [0, 0.1) is 0 Å². The summed E-state index contributed by atoms with van der Waals surface area (Å²) in [6.45, 7) is 5.10. The average molecular weight is 396 g/mol. The zero-order valence-electron chi connectivity index (χ0n) is 13.2. The molecule has 10 heteroatoms. The van der Waals surface area contributed by atoms with Crippen LogP contribution >= 0.6 is 36.4 Å². The summed E-state index contributed by atoms with van der Waals surface area (Å²) in [4.78, 5) is 11.1. The first-order chi connectivity index (χ1) is 10.8. The summed E-state index contributed by atoms with van der Waals surface area (Å²) >= 11 is 6.18. The Morgan fingerprint density at radius 2 is 1.83 bits per heavy atom. The van der Waals surface area contributed by atoms with Gasteiger partial charge in [0.05, 0.1) is 30.8 Å². The molecule has 0 atom stereocenters. The Labute approximate surface area is 157 Å². The fourth-order valence-corrected chi connectivity index (χ4v) is 3.38. The Kier molecular flexibility index (Phi) is 6.88. The van der Waals surface area contributed by atoms with Gasteiger partial charge in [-0.05, 0) is 37.5 Å². The molecule has 0 spiro atoms. The molecule has 134 valence electrons. The number of nitrogens with zero attached hydrogens (tertiary/aromatic N) is 5. The number of nitrogens with one attached hydrogen (secondary N) is 1. The van der Waals surface area contributed by atoms with Crippen LogP contribution in [0.5, 0.6) is 0 Å². The topological polar surface area (TPSA) is 68.1 Å². The first-order valence-electron chi connectivity index (χ1n) is 7.77. The van der Waals surface area contributed by atoms with Gasteiger partial charge in [0.2, 0.25) is 5.28 Å². The van der Waals surface area contributed by atoms with Gasteiger partial charge >= 0.3 is 0 Å². The molecule has 2 fully saturated rings. The van der Waals surface area contributed by atoms with Crippen molar-refractivity contribution in [2.75, 3.05) is 44.3 Å². The van der Waals surface area contributed by atoms with Crippen molar-refractivity contribution in [2.45, 2.75) is 18.9 Å². The SMILES string of the molecule is Cl.Cl.Clc1nc(N2CCOCC2)c2cnn(C3CCNCC3)c2n1. The van der Waals surface area contributed by atoms with E-state index in [0.717, 1.165) is 55.9 Å². The quantitative estimate of drug-likeness (QED) is 0.785. The second kappa shape index (κ2) is 8.49. The van der Waals surface area contributed by atoms with Gasteiger partial charge in [-0.25, -0.2) is 4.68 Å². The Morgan fingerprint density at radius 3 is 2.54 bits per heavy atom. The van der Waals surface area contributed by atoms with E-state index in [-0.39, 0.29) is 30.1 Å². The molecule has 2 aromatic heterocycles. The van der Waals surface area contributed by atoms with Gasteiger partial charge in [0.15, 0.2) is 5.65 Å². The predicted molar refractivity (Wildman–Crippen MR) is 99.0 cm³/mol. The van der Waals surface area contributed by atoms with Crippen LogP contribution in [0.15, 0.2) is 6.20 Å².